The monoisotopic (exact) mass is 424 g/mol. The Bertz CT molecular complexity index is 852. The number of ether oxygens (including phenoxy) is 1. The van der Waals surface area contributed by atoms with Crippen molar-refractivity contribution >= 4 is 17.4 Å². The first kappa shape index (κ1) is 23.3. The van der Waals surface area contributed by atoms with E-state index in [0.29, 0.717) is 11.4 Å². The number of methoxy groups -OCH3 is 1. The first-order chi connectivity index (χ1) is 14.0. The summed E-state index contributed by atoms with van der Waals surface area (Å²) in [5.74, 6) is 0.711. The van der Waals surface area contributed by atoms with E-state index in [1.807, 2.05) is 43.3 Å². The Morgan fingerprint density at radius 3 is 2.20 bits per heavy atom. The van der Waals surface area contributed by atoms with Crippen LogP contribution in [0.2, 0.25) is 0 Å². The van der Waals surface area contributed by atoms with E-state index in [2.05, 4.69) is 10.6 Å². The lowest BCUT2D eigenvalue weighted by molar-refractivity contribution is -0.136. The van der Waals surface area contributed by atoms with Gasteiger partial charge in [-0.25, -0.2) is 4.79 Å². The predicted octanol–water partition coefficient (Wildman–Crippen LogP) is 4.20. The Balaban J connectivity index is 2.12. The molecular weight excluding hydrogens is 397 g/mol. The molecule has 2 aromatic carbocycles. The van der Waals surface area contributed by atoms with Crippen LogP contribution < -0.4 is 20.3 Å². The van der Waals surface area contributed by atoms with Gasteiger partial charge < -0.3 is 25.2 Å². The zero-order valence-corrected chi connectivity index (χ0v) is 17.7. The standard InChI is InChI=1S/C21H27F3N4O2/c1-27(2)15-8-11-18(17(12-15)21(22,23)24)26-20(29)25-13-19(28(3)4)14-6-9-16(30-5)10-7-14/h6-12,19H,13H2,1-5H3,(H2,25,26,29). The predicted molar refractivity (Wildman–Crippen MR) is 112 cm³/mol. The number of benzene rings is 2. The molecule has 6 nitrogen and oxygen atoms in total. The zero-order chi connectivity index (χ0) is 22.5. The molecule has 0 saturated carbocycles. The highest BCUT2D eigenvalue weighted by Crippen LogP contribution is 2.37. The minimum atomic E-state index is -4.59. The number of carbonyl (C=O) groups excluding carboxylic acids is 1. The lowest BCUT2D eigenvalue weighted by Crippen LogP contribution is -2.37. The Morgan fingerprint density at radius 2 is 1.70 bits per heavy atom. The normalized spacial score (nSPS) is 12.4. The summed E-state index contributed by atoms with van der Waals surface area (Å²) < 4.78 is 45.5. The van der Waals surface area contributed by atoms with Crippen LogP contribution in [0.25, 0.3) is 0 Å². The fourth-order valence-corrected chi connectivity index (χ4v) is 2.93. The lowest BCUT2D eigenvalue weighted by Gasteiger charge is -2.25. The van der Waals surface area contributed by atoms with Crippen LogP contribution >= 0.6 is 0 Å². The zero-order valence-electron chi connectivity index (χ0n) is 17.7. The van der Waals surface area contributed by atoms with Crippen molar-refractivity contribution in [2.75, 3.05) is 52.1 Å². The minimum Gasteiger partial charge on any atom is -0.497 e. The Kier molecular flexibility index (Phi) is 7.55. The van der Waals surface area contributed by atoms with Crippen LogP contribution in [-0.2, 0) is 6.18 Å². The lowest BCUT2D eigenvalue weighted by atomic mass is 10.1. The molecule has 2 N–H and O–H groups in total. The maximum Gasteiger partial charge on any atom is 0.418 e. The van der Waals surface area contributed by atoms with Gasteiger partial charge in [0.05, 0.1) is 24.4 Å². The summed E-state index contributed by atoms with van der Waals surface area (Å²) in [6.45, 7) is 0.211. The first-order valence-corrected chi connectivity index (χ1v) is 9.26. The average Bonchev–Trinajstić information content (AvgIpc) is 2.67. The number of likely N-dealkylation sites (N-methyl/N-ethyl adjacent to an activating group) is 1. The van der Waals surface area contributed by atoms with Gasteiger partial charge in [-0.05, 0) is 50.0 Å². The van der Waals surface area contributed by atoms with Crippen molar-refractivity contribution < 1.29 is 22.7 Å². The van der Waals surface area contributed by atoms with E-state index in [1.54, 1.807) is 26.1 Å². The van der Waals surface area contributed by atoms with E-state index >= 15 is 0 Å². The molecule has 0 aliphatic rings. The van der Waals surface area contributed by atoms with Crippen molar-refractivity contribution in [3.8, 4) is 5.75 Å². The summed E-state index contributed by atoms with van der Waals surface area (Å²) in [6, 6.07) is 10.3. The molecule has 0 aromatic heterocycles. The van der Waals surface area contributed by atoms with Gasteiger partial charge in [0.2, 0.25) is 0 Å². The largest absolute Gasteiger partial charge is 0.497 e. The van der Waals surface area contributed by atoms with Crippen molar-refractivity contribution in [3.05, 3.63) is 53.6 Å². The third-order valence-corrected chi connectivity index (χ3v) is 4.65. The van der Waals surface area contributed by atoms with Gasteiger partial charge in [-0.3, -0.25) is 0 Å². The Hall–Kier alpha value is -2.94. The van der Waals surface area contributed by atoms with Crippen molar-refractivity contribution in [1.29, 1.82) is 0 Å². The van der Waals surface area contributed by atoms with E-state index in [4.69, 9.17) is 4.74 Å². The number of amides is 2. The van der Waals surface area contributed by atoms with Crippen LogP contribution in [0.15, 0.2) is 42.5 Å². The van der Waals surface area contributed by atoms with E-state index in [9.17, 15) is 18.0 Å². The summed E-state index contributed by atoms with van der Waals surface area (Å²) in [6.07, 6.45) is -4.59. The van der Waals surface area contributed by atoms with E-state index in [1.165, 1.54) is 12.1 Å². The molecule has 2 amide bonds. The van der Waals surface area contributed by atoms with Crippen LogP contribution in [0.1, 0.15) is 17.2 Å². The number of urea groups is 1. The smallest absolute Gasteiger partial charge is 0.418 e. The van der Waals surface area contributed by atoms with Gasteiger partial charge in [0.15, 0.2) is 0 Å². The number of halogens is 3. The maximum atomic E-state index is 13.4. The second kappa shape index (κ2) is 9.71. The number of alkyl halides is 3. The number of hydrogen-bond acceptors (Lipinski definition) is 4. The number of hydrogen-bond donors (Lipinski definition) is 2. The molecule has 2 rings (SSSR count). The summed E-state index contributed by atoms with van der Waals surface area (Å²) in [5, 5.41) is 4.98. The van der Waals surface area contributed by atoms with Crippen molar-refractivity contribution in [1.82, 2.24) is 10.2 Å². The van der Waals surface area contributed by atoms with Gasteiger partial charge >= 0.3 is 12.2 Å². The SMILES string of the molecule is COc1ccc(C(CNC(=O)Nc2ccc(N(C)C)cc2C(F)(F)F)N(C)C)cc1. The van der Waals surface area contributed by atoms with Crippen LogP contribution in [0.4, 0.5) is 29.3 Å². The van der Waals surface area contributed by atoms with Crippen molar-refractivity contribution in [2.45, 2.75) is 12.2 Å². The average molecular weight is 424 g/mol. The molecule has 2 aromatic rings. The molecule has 0 spiro atoms. The first-order valence-electron chi connectivity index (χ1n) is 9.26. The topological polar surface area (TPSA) is 56.8 Å². The number of nitrogens with zero attached hydrogens (tertiary/aromatic N) is 2. The molecule has 0 bridgehead atoms. The number of rotatable bonds is 7. The molecule has 164 valence electrons. The van der Waals surface area contributed by atoms with E-state index in [0.717, 1.165) is 11.6 Å². The highest BCUT2D eigenvalue weighted by Gasteiger charge is 2.34. The van der Waals surface area contributed by atoms with Gasteiger partial charge in [-0.1, -0.05) is 12.1 Å². The molecule has 0 heterocycles. The molecule has 1 atom stereocenters. The summed E-state index contributed by atoms with van der Waals surface area (Å²) in [7, 11) is 8.59. The maximum absolute atomic E-state index is 13.4. The van der Waals surface area contributed by atoms with Crippen molar-refractivity contribution in [3.63, 3.8) is 0 Å². The molecular formula is C21H27F3N4O2. The summed E-state index contributed by atoms with van der Waals surface area (Å²) >= 11 is 0. The quantitative estimate of drug-likeness (QED) is 0.699. The van der Waals surface area contributed by atoms with Gasteiger partial charge in [0.25, 0.3) is 0 Å². The molecule has 30 heavy (non-hydrogen) atoms. The fourth-order valence-electron chi connectivity index (χ4n) is 2.93. The molecule has 1 unspecified atom stereocenters. The fraction of sp³-hybridized carbons (Fsp3) is 0.381. The van der Waals surface area contributed by atoms with Gasteiger partial charge in [-0.15, -0.1) is 0 Å². The van der Waals surface area contributed by atoms with Crippen LogP contribution in [0.5, 0.6) is 5.75 Å². The minimum absolute atomic E-state index is 0.167. The molecule has 0 saturated heterocycles. The second-order valence-corrected chi connectivity index (χ2v) is 7.21. The Morgan fingerprint density at radius 1 is 1.07 bits per heavy atom. The summed E-state index contributed by atoms with van der Waals surface area (Å²) in [5.41, 5.74) is 0.132. The highest BCUT2D eigenvalue weighted by molar-refractivity contribution is 5.90. The van der Waals surface area contributed by atoms with E-state index < -0.39 is 17.8 Å². The molecule has 0 fully saturated rings. The van der Waals surface area contributed by atoms with Gasteiger partial charge in [-0.2, -0.15) is 13.2 Å². The highest BCUT2D eigenvalue weighted by atomic mass is 19.4. The third-order valence-electron chi connectivity index (χ3n) is 4.65. The molecule has 0 aliphatic heterocycles. The third kappa shape index (κ3) is 6.03. The molecule has 9 heteroatoms. The van der Waals surface area contributed by atoms with E-state index in [-0.39, 0.29) is 18.3 Å². The Labute approximate surface area is 174 Å². The number of carbonyl (C=O) groups is 1. The molecule has 0 aliphatic carbocycles. The second-order valence-electron chi connectivity index (χ2n) is 7.21. The summed E-state index contributed by atoms with van der Waals surface area (Å²) in [4.78, 5) is 15.8. The van der Waals surface area contributed by atoms with Crippen LogP contribution in [-0.4, -0.2) is 52.8 Å². The van der Waals surface area contributed by atoms with Gasteiger partial charge in [0.1, 0.15) is 5.75 Å². The van der Waals surface area contributed by atoms with Crippen LogP contribution in [0.3, 0.4) is 0 Å². The van der Waals surface area contributed by atoms with Crippen molar-refractivity contribution in [2.24, 2.45) is 0 Å². The van der Waals surface area contributed by atoms with Gasteiger partial charge in [0, 0.05) is 26.3 Å². The molecule has 0 radical (unpaired) electrons. The number of nitrogens with one attached hydrogen (secondary N) is 2. The van der Waals surface area contributed by atoms with Crippen LogP contribution in [0, 0.1) is 0 Å². The number of anilines is 2.